The van der Waals surface area contributed by atoms with E-state index in [2.05, 4.69) is 9.97 Å². The van der Waals surface area contributed by atoms with Crippen molar-refractivity contribution in [2.24, 2.45) is 0 Å². The molecular formula is C10H10N2O. The fourth-order valence-corrected chi connectivity index (χ4v) is 1.29. The van der Waals surface area contributed by atoms with Gasteiger partial charge in [-0.15, -0.1) is 0 Å². The quantitative estimate of drug-likeness (QED) is 0.726. The number of rotatable bonds is 2. The third-order valence-electron chi connectivity index (χ3n) is 1.89. The lowest BCUT2D eigenvalue weighted by Gasteiger charge is -1.88. The van der Waals surface area contributed by atoms with Crippen molar-refractivity contribution in [1.29, 1.82) is 0 Å². The first-order valence-electron chi connectivity index (χ1n) is 4.11. The number of pyridine rings is 1. The van der Waals surface area contributed by atoms with Crippen molar-refractivity contribution >= 4 is 17.1 Å². The molecule has 0 aromatic carbocycles. The Morgan fingerprint density at radius 2 is 2.46 bits per heavy atom. The molecule has 3 nitrogen and oxygen atoms in total. The maximum Gasteiger partial charge on any atom is 0.137 e. The summed E-state index contributed by atoms with van der Waals surface area (Å²) in [6.45, 7) is 0.0624. The average Bonchev–Trinajstić information content (AvgIpc) is 2.58. The van der Waals surface area contributed by atoms with Crippen LogP contribution in [0.3, 0.4) is 0 Å². The number of fused-ring (bicyclic) bond motifs is 1. The van der Waals surface area contributed by atoms with Gasteiger partial charge in [0.2, 0.25) is 0 Å². The van der Waals surface area contributed by atoms with Crippen molar-refractivity contribution < 1.29 is 5.11 Å². The van der Waals surface area contributed by atoms with E-state index >= 15 is 0 Å². The van der Waals surface area contributed by atoms with Gasteiger partial charge in [0.25, 0.3) is 0 Å². The highest BCUT2D eigenvalue weighted by Crippen LogP contribution is 2.16. The van der Waals surface area contributed by atoms with Gasteiger partial charge < -0.3 is 10.1 Å². The number of hydrogen-bond acceptors (Lipinski definition) is 2. The van der Waals surface area contributed by atoms with E-state index in [1.54, 1.807) is 12.3 Å². The van der Waals surface area contributed by atoms with Crippen LogP contribution < -0.4 is 0 Å². The summed E-state index contributed by atoms with van der Waals surface area (Å²) in [5.74, 6) is 0. The Bertz CT molecular complexity index is 431. The molecule has 2 aromatic heterocycles. The molecule has 3 heteroatoms. The number of aliphatic hydroxyl groups excluding tert-OH is 1. The zero-order chi connectivity index (χ0) is 9.10. The van der Waals surface area contributed by atoms with Crippen molar-refractivity contribution in [2.75, 3.05) is 6.61 Å². The van der Waals surface area contributed by atoms with Gasteiger partial charge in [0.05, 0.1) is 6.61 Å². The lowest BCUT2D eigenvalue weighted by Crippen LogP contribution is -1.74. The lowest BCUT2D eigenvalue weighted by molar-refractivity contribution is 0.343. The van der Waals surface area contributed by atoms with E-state index < -0.39 is 0 Å². The summed E-state index contributed by atoms with van der Waals surface area (Å²) in [6.07, 6.45) is 7.21. The minimum atomic E-state index is 0.0624. The van der Waals surface area contributed by atoms with Crippen LogP contribution in [-0.4, -0.2) is 21.7 Å². The largest absolute Gasteiger partial charge is 0.392 e. The van der Waals surface area contributed by atoms with E-state index in [9.17, 15) is 0 Å². The van der Waals surface area contributed by atoms with Gasteiger partial charge in [-0.3, -0.25) is 0 Å². The van der Waals surface area contributed by atoms with Crippen molar-refractivity contribution in [1.82, 2.24) is 9.97 Å². The molecule has 0 aliphatic carbocycles. The second-order valence-corrected chi connectivity index (χ2v) is 2.73. The second kappa shape index (κ2) is 3.41. The van der Waals surface area contributed by atoms with Gasteiger partial charge in [0.1, 0.15) is 5.65 Å². The van der Waals surface area contributed by atoms with Gasteiger partial charge in [-0.25, -0.2) is 4.98 Å². The summed E-state index contributed by atoms with van der Waals surface area (Å²) < 4.78 is 0. The molecule has 13 heavy (non-hydrogen) atoms. The number of nitrogens with zero attached hydrogens (tertiary/aromatic N) is 1. The fourth-order valence-electron chi connectivity index (χ4n) is 1.29. The Hall–Kier alpha value is -1.61. The zero-order valence-electron chi connectivity index (χ0n) is 7.07. The van der Waals surface area contributed by atoms with Gasteiger partial charge in [0.15, 0.2) is 0 Å². The van der Waals surface area contributed by atoms with Gasteiger partial charge in [0, 0.05) is 23.3 Å². The first-order chi connectivity index (χ1) is 6.42. The van der Waals surface area contributed by atoms with Gasteiger partial charge in [-0.2, -0.15) is 0 Å². The van der Waals surface area contributed by atoms with Crippen LogP contribution in [0.25, 0.3) is 17.1 Å². The Balaban J connectivity index is 2.52. The standard InChI is InChI=1S/C10H10N2O/c13-6-2-3-8-7-12-10-9(8)4-1-5-11-10/h1-5,7,13H,6H2,(H,11,12)/b3-2+. The van der Waals surface area contributed by atoms with Crippen LogP contribution in [0.2, 0.25) is 0 Å². The van der Waals surface area contributed by atoms with E-state index in [1.807, 2.05) is 24.4 Å². The first kappa shape index (κ1) is 8.01. The molecule has 2 rings (SSSR count). The molecule has 0 aliphatic rings. The van der Waals surface area contributed by atoms with Crippen molar-refractivity contribution in [2.45, 2.75) is 0 Å². The summed E-state index contributed by atoms with van der Waals surface area (Å²) in [7, 11) is 0. The maximum absolute atomic E-state index is 8.62. The number of aromatic amines is 1. The van der Waals surface area contributed by atoms with Crippen molar-refractivity contribution in [3.05, 3.63) is 36.2 Å². The van der Waals surface area contributed by atoms with E-state index in [0.29, 0.717) is 0 Å². The van der Waals surface area contributed by atoms with Crippen LogP contribution >= 0.6 is 0 Å². The molecule has 0 atom stereocenters. The van der Waals surface area contributed by atoms with Gasteiger partial charge >= 0.3 is 0 Å². The SMILES string of the molecule is OC/C=C/c1c[nH]c2ncccc12. The maximum atomic E-state index is 8.62. The molecule has 0 amide bonds. The minimum absolute atomic E-state index is 0.0624. The monoisotopic (exact) mass is 174 g/mol. The predicted molar refractivity (Wildman–Crippen MR) is 52.2 cm³/mol. The molecule has 0 unspecified atom stereocenters. The zero-order valence-corrected chi connectivity index (χ0v) is 7.07. The summed E-state index contributed by atoms with van der Waals surface area (Å²) in [5.41, 5.74) is 1.93. The molecule has 66 valence electrons. The van der Waals surface area contributed by atoms with Gasteiger partial charge in [-0.1, -0.05) is 12.2 Å². The number of H-pyrrole nitrogens is 1. The van der Waals surface area contributed by atoms with Crippen LogP contribution in [0.5, 0.6) is 0 Å². The summed E-state index contributed by atoms with van der Waals surface area (Å²) >= 11 is 0. The lowest BCUT2D eigenvalue weighted by atomic mass is 10.2. The van der Waals surface area contributed by atoms with Crippen molar-refractivity contribution in [3.8, 4) is 0 Å². The van der Waals surface area contributed by atoms with Crippen LogP contribution in [0, 0.1) is 0 Å². The highest BCUT2D eigenvalue weighted by atomic mass is 16.2. The van der Waals surface area contributed by atoms with E-state index in [-0.39, 0.29) is 6.61 Å². The Morgan fingerprint density at radius 1 is 1.54 bits per heavy atom. The van der Waals surface area contributed by atoms with E-state index in [4.69, 9.17) is 5.11 Å². The Morgan fingerprint density at radius 3 is 3.31 bits per heavy atom. The highest BCUT2D eigenvalue weighted by molar-refractivity contribution is 5.85. The number of aliphatic hydroxyl groups is 1. The molecule has 2 aromatic rings. The smallest absolute Gasteiger partial charge is 0.137 e. The van der Waals surface area contributed by atoms with E-state index in [0.717, 1.165) is 16.6 Å². The van der Waals surface area contributed by atoms with Gasteiger partial charge in [-0.05, 0) is 12.1 Å². The molecular weight excluding hydrogens is 164 g/mol. The van der Waals surface area contributed by atoms with Crippen LogP contribution in [0.4, 0.5) is 0 Å². The number of hydrogen-bond donors (Lipinski definition) is 2. The molecule has 0 bridgehead atoms. The molecule has 0 saturated heterocycles. The van der Waals surface area contributed by atoms with Crippen LogP contribution in [-0.2, 0) is 0 Å². The van der Waals surface area contributed by atoms with Crippen LogP contribution in [0.1, 0.15) is 5.56 Å². The Kier molecular flexibility index (Phi) is 2.10. The molecule has 0 saturated carbocycles. The second-order valence-electron chi connectivity index (χ2n) is 2.73. The Labute approximate surface area is 75.7 Å². The number of aromatic nitrogens is 2. The summed E-state index contributed by atoms with van der Waals surface area (Å²) in [6, 6.07) is 3.89. The predicted octanol–water partition coefficient (Wildman–Crippen LogP) is 1.57. The van der Waals surface area contributed by atoms with Crippen molar-refractivity contribution in [3.63, 3.8) is 0 Å². The minimum Gasteiger partial charge on any atom is -0.392 e. The molecule has 2 N–H and O–H groups in total. The molecule has 0 fully saturated rings. The normalized spacial score (nSPS) is 11.5. The summed E-state index contributed by atoms with van der Waals surface area (Å²) in [4.78, 5) is 7.21. The van der Waals surface area contributed by atoms with E-state index in [1.165, 1.54) is 0 Å². The highest BCUT2D eigenvalue weighted by Gasteiger charge is 1.98. The topological polar surface area (TPSA) is 48.9 Å². The third kappa shape index (κ3) is 1.46. The first-order valence-corrected chi connectivity index (χ1v) is 4.11. The van der Waals surface area contributed by atoms with Crippen LogP contribution in [0.15, 0.2) is 30.6 Å². The fraction of sp³-hybridized carbons (Fsp3) is 0.100. The molecule has 2 heterocycles. The molecule has 0 spiro atoms. The molecule has 0 radical (unpaired) electrons. The third-order valence-corrected chi connectivity index (χ3v) is 1.89. The number of nitrogens with one attached hydrogen (secondary N) is 1. The molecule has 0 aliphatic heterocycles. The average molecular weight is 174 g/mol. The summed E-state index contributed by atoms with van der Waals surface area (Å²) in [5, 5.41) is 9.70.